The zero-order valence-corrected chi connectivity index (χ0v) is 10.5. The number of thioether (sulfide) groups is 1. The highest BCUT2D eigenvalue weighted by Gasteiger charge is 2.40. The van der Waals surface area contributed by atoms with Crippen molar-refractivity contribution in [1.29, 1.82) is 0 Å². The molecule has 7 heteroatoms. The molecular formula is C10H18N2O4S. The van der Waals surface area contributed by atoms with Crippen LogP contribution in [-0.2, 0) is 9.59 Å². The maximum absolute atomic E-state index is 11.9. The van der Waals surface area contributed by atoms with Crippen LogP contribution in [0.15, 0.2) is 0 Å². The molecule has 0 radical (unpaired) electrons. The first kappa shape index (κ1) is 14.3. The fraction of sp³-hybridized carbons (Fsp3) is 0.800. The molecule has 0 aromatic carbocycles. The van der Waals surface area contributed by atoms with Crippen molar-refractivity contribution in [3.63, 3.8) is 0 Å². The minimum absolute atomic E-state index is 0.0583. The summed E-state index contributed by atoms with van der Waals surface area (Å²) in [4.78, 5) is 24.1. The average Bonchev–Trinajstić information content (AvgIpc) is 2.67. The molecule has 1 aliphatic rings. The predicted octanol–water partition coefficient (Wildman–Crippen LogP) is -0.887. The zero-order chi connectivity index (χ0) is 13.0. The van der Waals surface area contributed by atoms with Crippen LogP contribution in [0.1, 0.15) is 12.8 Å². The first-order valence-corrected chi connectivity index (χ1v) is 6.82. The molecule has 3 atom stereocenters. The zero-order valence-electron chi connectivity index (χ0n) is 9.70. The van der Waals surface area contributed by atoms with Crippen LogP contribution < -0.4 is 5.73 Å². The van der Waals surface area contributed by atoms with E-state index < -0.39 is 24.2 Å². The Morgan fingerprint density at radius 1 is 1.59 bits per heavy atom. The standard InChI is InChI=1S/C10H18N2O4S/c1-17-3-2-7(11)9(14)12-5-6(13)4-8(12)10(15)16/h6-8,13H,2-5,11H2,1H3,(H,15,16)/t6?,7-,8+/m1/s1. The van der Waals surface area contributed by atoms with Crippen molar-refractivity contribution in [2.45, 2.75) is 31.0 Å². The number of carboxylic acid groups (broad SMARTS) is 1. The fourth-order valence-corrected chi connectivity index (χ4v) is 2.36. The maximum Gasteiger partial charge on any atom is 0.326 e. The van der Waals surface area contributed by atoms with Gasteiger partial charge < -0.3 is 20.8 Å². The van der Waals surface area contributed by atoms with Crippen LogP contribution in [0, 0.1) is 0 Å². The van der Waals surface area contributed by atoms with Gasteiger partial charge in [-0.2, -0.15) is 11.8 Å². The van der Waals surface area contributed by atoms with Gasteiger partial charge in [-0.15, -0.1) is 0 Å². The number of carbonyl (C=O) groups is 2. The number of carbonyl (C=O) groups excluding carboxylic acids is 1. The molecule has 1 rings (SSSR count). The minimum Gasteiger partial charge on any atom is -0.480 e. The Morgan fingerprint density at radius 3 is 2.76 bits per heavy atom. The van der Waals surface area contributed by atoms with Crippen molar-refractivity contribution < 1.29 is 19.8 Å². The molecule has 0 spiro atoms. The lowest BCUT2D eigenvalue weighted by Crippen LogP contribution is -2.48. The molecule has 0 aromatic rings. The number of hydrogen-bond donors (Lipinski definition) is 3. The van der Waals surface area contributed by atoms with Gasteiger partial charge >= 0.3 is 5.97 Å². The third-order valence-electron chi connectivity index (χ3n) is 2.80. The number of amides is 1. The van der Waals surface area contributed by atoms with Crippen LogP contribution >= 0.6 is 11.8 Å². The number of carboxylic acids is 1. The number of β-amino-alcohol motifs (C(OH)–C–C–N with tert-alkyl or cyclic N) is 1. The highest BCUT2D eigenvalue weighted by Crippen LogP contribution is 2.19. The Bertz CT molecular complexity index is 300. The third-order valence-corrected chi connectivity index (χ3v) is 3.44. The average molecular weight is 262 g/mol. The van der Waals surface area contributed by atoms with Gasteiger partial charge in [0.05, 0.1) is 12.1 Å². The Hall–Kier alpha value is -0.790. The van der Waals surface area contributed by atoms with E-state index in [9.17, 15) is 14.7 Å². The molecule has 0 bridgehead atoms. The second-order valence-corrected chi connectivity index (χ2v) is 5.11. The Balaban J connectivity index is 2.63. The molecule has 17 heavy (non-hydrogen) atoms. The summed E-state index contributed by atoms with van der Waals surface area (Å²) >= 11 is 1.58. The van der Waals surface area contributed by atoms with Crippen molar-refractivity contribution in [3.05, 3.63) is 0 Å². The molecule has 1 aliphatic heterocycles. The number of aliphatic hydroxyl groups excluding tert-OH is 1. The van der Waals surface area contributed by atoms with Gasteiger partial charge in [-0.25, -0.2) is 4.79 Å². The maximum atomic E-state index is 11.9. The lowest BCUT2D eigenvalue weighted by atomic mass is 10.1. The lowest BCUT2D eigenvalue weighted by molar-refractivity contribution is -0.148. The van der Waals surface area contributed by atoms with Gasteiger partial charge in [0.1, 0.15) is 6.04 Å². The topological polar surface area (TPSA) is 104 Å². The van der Waals surface area contributed by atoms with Crippen molar-refractivity contribution in [2.75, 3.05) is 18.6 Å². The number of nitrogens with zero attached hydrogens (tertiary/aromatic N) is 1. The number of aliphatic hydroxyl groups is 1. The summed E-state index contributed by atoms with van der Waals surface area (Å²) in [6.45, 7) is 0.0583. The van der Waals surface area contributed by atoms with Crippen LogP contribution in [0.2, 0.25) is 0 Å². The summed E-state index contributed by atoms with van der Waals surface area (Å²) in [7, 11) is 0. The van der Waals surface area contributed by atoms with E-state index in [1.165, 1.54) is 4.90 Å². The van der Waals surface area contributed by atoms with Crippen molar-refractivity contribution in [1.82, 2.24) is 4.90 Å². The molecule has 98 valence electrons. The van der Waals surface area contributed by atoms with E-state index in [4.69, 9.17) is 10.8 Å². The number of aliphatic carboxylic acids is 1. The molecule has 0 saturated carbocycles. The summed E-state index contributed by atoms with van der Waals surface area (Å²) in [6, 6.07) is -1.63. The van der Waals surface area contributed by atoms with Gasteiger partial charge in [0, 0.05) is 13.0 Å². The van der Waals surface area contributed by atoms with E-state index in [1.807, 2.05) is 6.26 Å². The van der Waals surface area contributed by atoms with E-state index in [-0.39, 0.29) is 18.9 Å². The Morgan fingerprint density at radius 2 is 2.24 bits per heavy atom. The van der Waals surface area contributed by atoms with Crippen LogP contribution in [0.4, 0.5) is 0 Å². The van der Waals surface area contributed by atoms with Crippen LogP contribution in [0.3, 0.4) is 0 Å². The second kappa shape index (κ2) is 6.23. The van der Waals surface area contributed by atoms with Crippen LogP contribution in [-0.4, -0.2) is 63.7 Å². The normalized spacial score (nSPS) is 25.9. The Kier molecular flexibility index (Phi) is 5.23. The largest absolute Gasteiger partial charge is 0.480 e. The highest BCUT2D eigenvalue weighted by atomic mass is 32.2. The first-order valence-electron chi connectivity index (χ1n) is 5.43. The van der Waals surface area contributed by atoms with E-state index in [1.54, 1.807) is 11.8 Å². The molecule has 1 amide bonds. The van der Waals surface area contributed by atoms with Crippen LogP contribution in [0.5, 0.6) is 0 Å². The molecule has 1 fully saturated rings. The van der Waals surface area contributed by atoms with Crippen molar-refractivity contribution in [2.24, 2.45) is 5.73 Å². The monoisotopic (exact) mass is 262 g/mol. The molecule has 1 saturated heterocycles. The van der Waals surface area contributed by atoms with E-state index in [0.29, 0.717) is 6.42 Å². The molecule has 4 N–H and O–H groups in total. The number of nitrogens with two attached hydrogens (primary N) is 1. The summed E-state index contributed by atoms with van der Waals surface area (Å²) in [5, 5.41) is 18.4. The lowest BCUT2D eigenvalue weighted by Gasteiger charge is -2.24. The highest BCUT2D eigenvalue weighted by molar-refractivity contribution is 7.98. The second-order valence-electron chi connectivity index (χ2n) is 4.12. The first-order chi connectivity index (χ1) is 7.97. The van der Waals surface area contributed by atoms with Gasteiger partial charge in [0.25, 0.3) is 0 Å². The molecule has 1 heterocycles. The third kappa shape index (κ3) is 3.58. The summed E-state index contributed by atoms with van der Waals surface area (Å²) < 4.78 is 0. The molecular weight excluding hydrogens is 244 g/mol. The number of rotatable bonds is 5. The van der Waals surface area contributed by atoms with Gasteiger partial charge in [-0.05, 0) is 18.4 Å². The van der Waals surface area contributed by atoms with Gasteiger partial charge in [-0.3, -0.25) is 4.79 Å². The minimum atomic E-state index is -1.09. The molecule has 1 unspecified atom stereocenters. The summed E-state index contributed by atoms with van der Waals surface area (Å²) in [6.07, 6.45) is 1.74. The fourth-order valence-electron chi connectivity index (χ4n) is 1.87. The SMILES string of the molecule is CSCC[C@@H](N)C(=O)N1CC(O)C[C@H]1C(=O)O. The quantitative estimate of drug-likeness (QED) is 0.594. The van der Waals surface area contributed by atoms with E-state index in [2.05, 4.69) is 0 Å². The molecule has 6 nitrogen and oxygen atoms in total. The molecule has 0 aliphatic carbocycles. The Labute approximate surface area is 104 Å². The summed E-state index contributed by atoms with van der Waals surface area (Å²) in [5.41, 5.74) is 5.71. The van der Waals surface area contributed by atoms with Gasteiger partial charge in [0.2, 0.25) is 5.91 Å². The van der Waals surface area contributed by atoms with Gasteiger partial charge in [0.15, 0.2) is 0 Å². The molecule has 0 aromatic heterocycles. The predicted molar refractivity (Wildman–Crippen MR) is 64.7 cm³/mol. The van der Waals surface area contributed by atoms with Gasteiger partial charge in [-0.1, -0.05) is 0 Å². The summed E-state index contributed by atoms with van der Waals surface area (Å²) in [5.74, 6) is -0.726. The number of hydrogen-bond acceptors (Lipinski definition) is 5. The number of likely N-dealkylation sites (tertiary alicyclic amines) is 1. The van der Waals surface area contributed by atoms with Crippen molar-refractivity contribution in [3.8, 4) is 0 Å². The van der Waals surface area contributed by atoms with E-state index >= 15 is 0 Å². The van der Waals surface area contributed by atoms with Crippen molar-refractivity contribution >= 4 is 23.6 Å². The smallest absolute Gasteiger partial charge is 0.326 e. The van der Waals surface area contributed by atoms with E-state index in [0.717, 1.165) is 5.75 Å². The van der Waals surface area contributed by atoms with Crippen LogP contribution in [0.25, 0.3) is 0 Å².